The van der Waals surface area contributed by atoms with Crippen molar-refractivity contribution in [1.29, 1.82) is 26.3 Å². The fourth-order valence-corrected chi connectivity index (χ4v) is 5.61. The van der Waals surface area contributed by atoms with Gasteiger partial charge in [-0.15, -0.1) is 0 Å². The molecule has 0 radical (unpaired) electrons. The summed E-state index contributed by atoms with van der Waals surface area (Å²) in [5.74, 6) is 0. The number of hydrogen-bond acceptors (Lipinski definition) is 6. The summed E-state index contributed by atoms with van der Waals surface area (Å²) in [6.45, 7) is 7.43. The van der Waals surface area contributed by atoms with Gasteiger partial charge in [-0.3, -0.25) is 0 Å². The Balaban J connectivity index is 1.42. The summed E-state index contributed by atoms with van der Waals surface area (Å²) in [6.07, 6.45) is 0. The van der Waals surface area contributed by atoms with E-state index >= 15 is 0 Å². The number of benzene rings is 6. The Morgan fingerprint density at radius 3 is 0.939 bits per heavy atom. The number of rotatable bonds is 6. The molecule has 0 saturated heterocycles. The first kappa shape index (κ1) is 31.1. The highest BCUT2D eigenvalue weighted by molar-refractivity contribution is 5.82. The zero-order chi connectivity index (χ0) is 34.3. The second-order valence-corrected chi connectivity index (χ2v) is 11.0. The molecule has 0 saturated carbocycles. The Bertz CT molecular complexity index is 2110. The molecule has 7 heteroatoms. The molecular formula is C42H21N7. The summed E-state index contributed by atoms with van der Waals surface area (Å²) in [6, 6.07) is 49.3. The van der Waals surface area contributed by atoms with Crippen LogP contribution in [0.3, 0.4) is 0 Å². The number of anilines is 3. The van der Waals surface area contributed by atoms with Gasteiger partial charge < -0.3 is 4.90 Å². The van der Waals surface area contributed by atoms with Gasteiger partial charge >= 0.3 is 0 Å². The second-order valence-electron chi connectivity index (χ2n) is 11.0. The first-order chi connectivity index (χ1) is 23.9. The molecule has 0 atom stereocenters. The molecule has 6 aromatic carbocycles. The van der Waals surface area contributed by atoms with Crippen LogP contribution in [-0.4, -0.2) is 0 Å². The third-order valence-electron chi connectivity index (χ3n) is 7.93. The molecule has 224 valence electrons. The van der Waals surface area contributed by atoms with Crippen LogP contribution >= 0.6 is 0 Å². The molecule has 7 nitrogen and oxygen atoms in total. The van der Waals surface area contributed by atoms with E-state index in [2.05, 4.69) is 40.1 Å². The van der Waals surface area contributed by atoms with E-state index < -0.39 is 0 Å². The van der Waals surface area contributed by atoms with Crippen molar-refractivity contribution in [2.24, 2.45) is 0 Å². The van der Waals surface area contributed by atoms with E-state index in [-0.39, 0.29) is 0 Å². The lowest BCUT2D eigenvalue weighted by atomic mass is 9.99. The fraction of sp³-hybridized carbons (Fsp3) is 0. The van der Waals surface area contributed by atoms with Crippen LogP contribution < -0.4 is 4.90 Å². The topological polar surface area (TPSA) is 127 Å². The normalized spacial score (nSPS) is 9.92. The average molecular weight is 624 g/mol. The third kappa shape index (κ3) is 6.56. The summed E-state index contributed by atoms with van der Waals surface area (Å²) in [7, 11) is 0. The van der Waals surface area contributed by atoms with Crippen molar-refractivity contribution in [3.05, 3.63) is 167 Å². The van der Waals surface area contributed by atoms with Gasteiger partial charge in [-0.25, -0.2) is 4.85 Å². The van der Waals surface area contributed by atoms with Gasteiger partial charge in [-0.2, -0.15) is 26.3 Å². The molecular weight excluding hydrogens is 603 g/mol. The minimum atomic E-state index is 0.393. The monoisotopic (exact) mass is 623 g/mol. The Morgan fingerprint density at radius 1 is 0.367 bits per heavy atom. The maximum absolute atomic E-state index is 9.47. The molecule has 6 rings (SSSR count). The van der Waals surface area contributed by atoms with E-state index in [1.165, 1.54) is 0 Å². The maximum atomic E-state index is 9.47. The van der Waals surface area contributed by atoms with E-state index in [1.54, 1.807) is 54.6 Å². The first-order valence-corrected chi connectivity index (χ1v) is 14.9. The molecule has 6 aromatic rings. The molecule has 0 heterocycles. The van der Waals surface area contributed by atoms with Crippen molar-refractivity contribution in [3.63, 3.8) is 0 Å². The highest BCUT2D eigenvalue weighted by atomic mass is 15.1. The molecule has 0 aliphatic rings. The minimum Gasteiger partial charge on any atom is -0.311 e. The van der Waals surface area contributed by atoms with E-state index in [4.69, 9.17) is 6.57 Å². The fourth-order valence-electron chi connectivity index (χ4n) is 5.61. The Kier molecular flexibility index (Phi) is 8.61. The van der Waals surface area contributed by atoms with Gasteiger partial charge in [0.25, 0.3) is 0 Å². The lowest BCUT2D eigenvalue weighted by molar-refractivity contribution is 1.28. The van der Waals surface area contributed by atoms with Crippen molar-refractivity contribution >= 4 is 22.7 Å². The quantitative estimate of drug-likeness (QED) is 0.170. The zero-order valence-electron chi connectivity index (χ0n) is 25.8. The van der Waals surface area contributed by atoms with Gasteiger partial charge in [0.15, 0.2) is 5.69 Å². The Labute approximate surface area is 283 Å². The maximum Gasteiger partial charge on any atom is 0.189 e. The molecule has 0 spiro atoms. The van der Waals surface area contributed by atoms with Crippen LogP contribution in [0.4, 0.5) is 22.7 Å². The molecule has 0 aliphatic heterocycles. The summed E-state index contributed by atoms with van der Waals surface area (Å²) in [4.78, 5) is 5.59. The van der Waals surface area contributed by atoms with Crippen molar-refractivity contribution in [2.75, 3.05) is 4.90 Å². The van der Waals surface area contributed by atoms with Crippen LogP contribution in [0.2, 0.25) is 0 Å². The summed E-state index contributed by atoms with van der Waals surface area (Å²) < 4.78 is 0. The summed E-state index contributed by atoms with van der Waals surface area (Å²) in [5, 5.41) is 47.3. The minimum absolute atomic E-state index is 0.393. The Morgan fingerprint density at radius 2 is 0.653 bits per heavy atom. The van der Waals surface area contributed by atoms with Crippen LogP contribution in [0.25, 0.3) is 38.2 Å². The van der Waals surface area contributed by atoms with Crippen LogP contribution in [0.15, 0.2) is 127 Å². The van der Waals surface area contributed by atoms with E-state index in [0.717, 1.165) is 50.4 Å². The molecule has 0 bridgehead atoms. The molecule has 49 heavy (non-hydrogen) atoms. The van der Waals surface area contributed by atoms with Gasteiger partial charge in [-0.05, 0) is 124 Å². The number of hydrogen-bond donors (Lipinski definition) is 0. The number of nitriles is 5. The summed E-state index contributed by atoms with van der Waals surface area (Å²) >= 11 is 0. The largest absolute Gasteiger partial charge is 0.311 e. The van der Waals surface area contributed by atoms with Crippen LogP contribution in [0.5, 0.6) is 0 Å². The molecule has 0 aliphatic carbocycles. The van der Waals surface area contributed by atoms with Crippen molar-refractivity contribution in [1.82, 2.24) is 0 Å². The van der Waals surface area contributed by atoms with Gasteiger partial charge in [0.05, 0.1) is 59.2 Å². The van der Waals surface area contributed by atoms with E-state index in [9.17, 15) is 26.3 Å². The zero-order valence-corrected chi connectivity index (χ0v) is 25.8. The van der Waals surface area contributed by atoms with Gasteiger partial charge in [0, 0.05) is 22.6 Å². The van der Waals surface area contributed by atoms with Crippen molar-refractivity contribution in [2.45, 2.75) is 0 Å². The lowest BCUT2D eigenvalue weighted by Crippen LogP contribution is -2.09. The van der Waals surface area contributed by atoms with Crippen molar-refractivity contribution < 1.29 is 0 Å². The smallest absolute Gasteiger partial charge is 0.189 e. The second kappa shape index (κ2) is 13.6. The highest BCUT2D eigenvalue weighted by Gasteiger charge is 2.15. The third-order valence-corrected chi connectivity index (χ3v) is 7.93. The van der Waals surface area contributed by atoms with E-state index in [1.807, 2.05) is 72.8 Å². The molecule has 0 fully saturated rings. The molecule has 0 unspecified atom stereocenters. The van der Waals surface area contributed by atoms with Crippen LogP contribution in [0, 0.1) is 63.2 Å². The number of nitrogens with zero attached hydrogens (tertiary/aromatic N) is 7. The highest BCUT2D eigenvalue weighted by Crippen LogP contribution is 2.38. The van der Waals surface area contributed by atoms with E-state index in [0.29, 0.717) is 33.5 Å². The average Bonchev–Trinajstić information content (AvgIpc) is 3.18. The van der Waals surface area contributed by atoms with Crippen molar-refractivity contribution in [3.8, 4) is 63.7 Å². The van der Waals surface area contributed by atoms with Gasteiger partial charge in [0.2, 0.25) is 0 Å². The predicted octanol–water partition coefficient (Wildman–Crippen LogP) is 10.1. The molecule has 0 aromatic heterocycles. The summed E-state index contributed by atoms with van der Waals surface area (Å²) in [5.41, 5.74) is 9.83. The molecule has 0 amide bonds. The SMILES string of the molecule is [C-]#[N+]c1cc(C#N)cc(-c2ccc(N(c3ccc(-c4cc(C#N)cc(C#N)c4)cc3)c3ccc(-c4cc(C#N)cc(C#N)c4)cc3)cc2)c1. The first-order valence-electron chi connectivity index (χ1n) is 14.9. The van der Waals surface area contributed by atoms with Crippen LogP contribution in [-0.2, 0) is 0 Å². The van der Waals surface area contributed by atoms with Gasteiger partial charge in [-0.1, -0.05) is 36.4 Å². The molecule has 0 N–H and O–H groups in total. The lowest BCUT2D eigenvalue weighted by Gasteiger charge is -2.26. The van der Waals surface area contributed by atoms with Gasteiger partial charge in [0.1, 0.15) is 0 Å². The van der Waals surface area contributed by atoms with Crippen LogP contribution in [0.1, 0.15) is 27.8 Å². The Hall–Kier alpha value is -7.94. The predicted molar refractivity (Wildman–Crippen MR) is 187 cm³/mol. The standard InChI is InChI=1S/C42H21N7/c1-48-39-21-32(27-47)20-38(22-39)35-6-12-42(13-7-35)49(40-8-2-33(3-9-40)36-16-28(23-43)14-29(17-36)24-44)41-10-4-34(5-11-41)37-18-30(25-45)15-31(19-37)26-46/h2-22H.